The molecule has 0 unspecified atom stereocenters. The summed E-state index contributed by atoms with van der Waals surface area (Å²) >= 11 is 0. The molecule has 1 aromatic carbocycles. The zero-order chi connectivity index (χ0) is 13.8. The van der Waals surface area contributed by atoms with Crippen LogP contribution in [0.3, 0.4) is 0 Å². The summed E-state index contributed by atoms with van der Waals surface area (Å²) in [6.07, 6.45) is 1.79. The summed E-state index contributed by atoms with van der Waals surface area (Å²) < 4.78 is 0. The zero-order valence-electron chi connectivity index (χ0n) is 11.0. The van der Waals surface area contributed by atoms with Crippen molar-refractivity contribution in [1.29, 1.82) is 5.26 Å². The Morgan fingerprint density at radius 1 is 1.26 bits per heavy atom. The lowest BCUT2D eigenvalue weighted by Gasteiger charge is -2.19. The van der Waals surface area contributed by atoms with Gasteiger partial charge in [-0.05, 0) is 37.3 Å². The molecule has 0 saturated carbocycles. The average Bonchev–Trinajstić information content (AvgIpc) is 2.46. The molecule has 0 spiro atoms. The van der Waals surface area contributed by atoms with Crippen LogP contribution < -0.4 is 10.6 Å². The molecule has 96 valence electrons. The Labute approximate surface area is 113 Å². The van der Waals surface area contributed by atoms with Crippen LogP contribution in [0.15, 0.2) is 42.6 Å². The Kier molecular flexibility index (Phi) is 3.79. The van der Waals surface area contributed by atoms with Crippen LogP contribution in [0.25, 0.3) is 0 Å². The van der Waals surface area contributed by atoms with Crippen molar-refractivity contribution in [2.45, 2.75) is 13.0 Å². The van der Waals surface area contributed by atoms with Gasteiger partial charge in [0, 0.05) is 18.8 Å². The lowest BCUT2D eigenvalue weighted by atomic mass is 10.2. The molecule has 0 aliphatic carbocycles. The van der Waals surface area contributed by atoms with Gasteiger partial charge in [-0.3, -0.25) is 4.98 Å². The number of anilines is 2. The van der Waals surface area contributed by atoms with Gasteiger partial charge in [-0.15, -0.1) is 0 Å². The highest BCUT2D eigenvalue weighted by Crippen LogP contribution is 2.24. The number of benzene rings is 1. The molecule has 4 nitrogen and oxygen atoms in total. The van der Waals surface area contributed by atoms with Gasteiger partial charge in [-0.1, -0.05) is 6.07 Å². The van der Waals surface area contributed by atoms with Crippen LogP contribution >= 0.6 is 0 Å². The summed E-state index contributed by atoms with van der Waals surface area (Å²) in [7, 11) is 1.94. The summed E-state index contributed by atoms with van der Waals surface area (Å²) in [5.41, 5.74) is 9.19. The van der Waals surface area contributed by atoms with Gasteiger partial charge in [0.25, 0.3) is 0 Å². The molecular weight excluding hydrogens is 236 g/mol. The first kappa shape index (κ1) is 13.1. The van der Waals surface area contributed by atoms with E-state index >= 15 is 0 Å². The predicted molar refractivity (Wildman–Crippen MR) is 76.1 cm³/mol. The number of aromatic nitrogens is 1. The largest absolute Gasteiger partial charge is 0.343 e. The number of pyridine rings is 1. The van der Waals surface area contributed by atoms with Crippen LogP contribution in [0.5, 0.6) is 0 Å². The van der Waals surface area contributed by atoms with E-state index in [4.69, 9.17) is 11.0 Å². The van der Waals surface area contributed by atoms with Crippen molar-refractivity contribution in [3.8, 4) is 6.07 Å². The molecule has 0 bridgehead atoms. The lowest BCUT2D eigenvalue weighted by Crippen LogP contribution is -2.12. The first-order valence-corrected chi connectivity index (χ1v) is 6.07. The lowest BCUT2D eigenvalue weighted by molar-refractivity contribution is 0.781. The molecule has 0 fully saturated rings. The normalized spacial score (nSPS) is 11.7. The fourth-order valence-electron chi connectivity index (χ4n) is 1.80. The second kappa shape index (κ2) is 5.51. The Morgan fingerprint density at radius 2 is 2.05 bits per heavy atom. The van der Waals surface area contributed by atoms with Crippen LogP contribution in [0, 0.1) is 11.3 Å². The summed E-state index contributed by atoms with van der Waals surface area (Å²) in [5, 5.41) is 8.92. The third-order valence-corrected chi connectivity index (χ3v) is 2.99. The maximum absolute atomic E-state index is 8.92. The van der Waals surface area contributed by atoms with Gasteiger partial charge in [0.2, 0.25) is 0 Å². The first-order chi connectivity index (χ1) is 9.11. The van der Waals surface area contributed by atoms with E-state index in [9.17, 15) is 0 Å². The molecule has 2 N–H and O–H groups in total. The van der Waals surface area contributed by atoms with Gasteiger partial charge in [0.05, 0.1) is 29.2 Å². The number of hydrogen-bond donors (Lipinski definition) is 1. The van der Waals surface area contributed by atoms with Crippen molar-refractivity contribution in [1.82, 2.24) is 4.98 Å². The SMILES string of the molecule is C[C@@H](N)c1ccc(N(C)c2cccc(C#N)c2)cn1. The van der Waals surface area contributed by atoms with Crippen molar-refractivity contribution >= 4 is 11.4 Å². The highest BCUT2D eigenvalue weighted by Gasteiger charge is 2.06. The maximum Gasteiger partial charge on any atom is 0.0992 e. The predicted octanol–water partition coefficient (Wildman–Crippen LogP) is 2.74. The molecule has 0 saturated heterocycles. The van der Waals surface area contributed by atoms with E-state index in [1.807, 2.05) is 49.2 Å². The summed E-state index contributed by atoms with van der Waals surface area (Å²) in [6.45, 7) is 1.90. The molecule has 2 aromatic rings. The highest BCUT2D eigenvalue weighted by atomic mass is 15.1. The summed E-state index contributed by atoms with van der Waals surface area (Å²) in [4.78, 5) is 6.32. The van der Waals surface area contributed by atoms with E-state index in [1.54, 1.807) is 12.3 Å². The third-order valence-electron chi connectivity index (χ3n) is 2.99. The molecule has 0 radical (unpaired) electrons. The second-order valence-electron chi connectivity index (χ2n) is 4.45. The molecular formula is C15H16N4. The van der Waals surface area contributed by atoms with E-state index in [2.05, 4.69) is 11.1 Å². The Balaban J connectivity index is 2.28. The van der Waals surface area contributed by atoms with E-state index in [0.717, 1.165) is 17.1 Å². The molecule has 4 heteroatoms. The number of nitriles is 1. The number of nitrogens with two attached hydrogens (primary N) is 1. The molecule has 0 amide bonds. The smallest absolute Gasteiger partial charge is 0.0992 e. The van der Waals surface area contributed by atoms with Gasteiger partial charge in [-0.2, -0.15) is 5.26 Å². The highest BCUT2D eigenvalue weighted by molar-refractivity contribution is 5.63. The number of nitrogens with zero attached hydrogens (tertiary/aromatic N) is 3. The van der Waals surface area contributed by atoms with Gasteiger partial charge < -0.3 is 10.6 Å². The number of hydrogen-bond acceptors (Lipinski definition) is 4. The molecule has 19 heavy (non-hydrogen) atoms. The first-order valence-electron chi connectivity index (χ1n) is 6.07. The molecule has 1 atom stereocenters. The average molecular weight is 252 g/mol. The van der Waals surface area contributed by atoms with E-state index in [0.29, 0.717) is 5.56 Å². The van der Waals surface area contributed by atoms with E-state index in [1.165, 1.54) is 0 Å². The van der Waals surface area contributed by atoms with Crippen molar-refractivity contribution in [2.24, 2.45) is 5.73 Å². The van der Waals surface area contributed by atoms with Gasteiger partial charge in [0.1, 0.15) is 0 Å². The van der Waals surface area contributed by atoms with Crippen molar-refractivity contribution in [3.05, 3.63) is 53.9 Å². The molecule has 1 heterocycles. The minimum atomic E-state index is -0.0683. The van der Waals surface area contributed by atoms with Crippen LogP contribution in [0.2, 0.25) is 0 Å². The van der Waals surface area contributed by atoms with Crippen molar-refractivity contribution in [2.75, 3.05) is 11.9 Å². The van der Waals surface area contributed by atoms with E-state index < -0.39 is 0 Å². The van der Waals surface area contributed by atoms with E-state index in [-0.39, 0.29) is 6.04 Å². The van der Waals surface area contributed by atoms with Gasteiger partial charge in [-0.25, -0.2) is 0 Å². The Morgan fingerprint density at radius 3 is 2.63 bits per heavy atom. The molecule has 0 aliphatic heterocycles. The standard InChI is InChI=1S/C15H16N4/c1-11(17)15-7-6-14(10-18-15)19(2)13-5-3-4-12(8-13)9-16/h3-8,10-11H,17H2,1-2H3/t11-/m1/s1. The quantitative estimate of drug-likeness (QED) is 0.912. The minimum absolute atomic E-state index is 0.0683. The zero-order valence-corrected chi connectivity index (χ0v) is 11.0. The van der Waals surface area contributed by atoms with Crippen LogP contribution in [-0.4, -0.2) is 12.0 Å². The summed E-state index contributed by atoms with van der Waals surface area (Å²) in [6, 6.07) is 13.4. The molecule has 2 rings (SSSR count). The fourth-order valence-corrected chi connectivity index (χ4v) is 1.80. The topological polar surface area (TPSA) is 65.9 Å². The molecule has 1 aromatic heterocycles. The van der Waals surface area contributed by atoms with Crippen molar-refractivity contribution < 1.29 is 0 Å². The Bertz CT molecular complexity index is 596. The third kappa shape index (κ3) is 2.90. The minimum Gasteiger partial charge on any atom is -0.343 e. The van der Waals surface area contributed by atoms with Gasteiger partial charge in [0.15, 0.2) is 0 Å². The van der Waals surface area contributed by atoms with Crippen LogP contribution in [0.4, 0.5) is 11.4 Å². The Hall–Kier alpha value is -2.38. The number of rotatable bonds is 3. The van der Waals surface area contributed by atoms with Gasteiger partial charge >= 0.3 is 0 Å². The molecule has 0 aliphatic rings. The summed E-state index contributed by atoms with van der Waals surface area (Å²) in [5.74, 6) is 0. The fraction of sp³-hybridized carbons (Fsp3) is 0.200. The van der Waals surface area contributed by atoms with Crippen molar-refractivity contribution in [3.63, 3.8) is 0 Å². The maximum atomic E-state index is 8.92. The second-order valence-corrected chi connectivity index (χ2v) is 4.45. The monoisotopic (exact) mass is 252 g/mol. The van der Waals surface area contributed by atoms with Crippen LogP contribution in [-0.2, 0) is 0 Å². The van der Waals surface area contributed by atoms with Crippen LogP contribution in [0.1, 0.15) is 24.2 Å².